The van der Waals surface area contributed by atoms with Crippen LogP contribution in [0.2, 0.25) is 0 Å². The lowest BCUT2D eigenvalue weighted by molar-refractivity contribution is -0.137. The Bertz CT molecular complexity index is 511. The third-order valence-corrected chi connectivity index (χ3v) is 4.70. The number of benzene rings is 1. The van der Waals surface area contributed by atoms with E-state index in [4.69, 9.17) is 10.9 Å². The van der Waals surface area contributed by atoms with Crippen LogP contribution in [0.25, 0.3) is 0 Å². The lowest BCUT2D eigenvalue weighted by atomic mass is 10.1. The number of hydrogen-bond acceptors (Lipinski definition) is 3. The summed E-state index contributed by atoms with van der Waals surface area (Å²) in [6.45, 7) is 0. The minimum Gasteiger partial charge on any atom is -0.409 e. The molecule has 1 fully saturated rings. The van der Waals surface area contributed by atoms with Crippen molar-refractivity contribution in [3.8, 4) is 0 Å². The molecule has 3 N–H and O–H groups in total. The number of thioether (sulfide) groups is 1. The predicted octanol–water partition coefficient (Wildman–Crippen LogP) is 3.83. The van der Waals surface area contributed by atoms with Gasteiger partial charge in [-0.05, 0) is 31.0 Å². The van der Waals surface area contributed by atoms with E-state index < -0.39 is 11.7 Å². The summed E-state index contributed by atoms with van der Waals surface area (Å²) in [5.41, 5.74) is 4.84. The molecule has 2 rings (SSSR count). The summed E-state index contributed by atoms with van der Waals surface area (Å²) in [4.78, 5) is 0.625. The van der Waals surface area contributed by atoms with Gasteiger partial charge in [-0.25, -0.2) is 0 Å². The van der Waals surface area contributed by atoms with E-state index in [1.165, 1.54) is 17.8 Å². The van der Waals surface area contributed by atoms with Gasteiger partial charge >= 0.3 is 6.18 Å². The number of nitrogens with two attached hydrogens (primary N) is 1. The normalized spacial score (nSPS) is 17.6. The van der Waals surface area contributed by atoms with Crippen molar-refractivity contribution in [3.63, 3.8) is 0 Å². The van der Waals surface area contributed by atoms with Gasteiger partial charge in [0.1, 0.15) is 0 Å². The summed E-state index contributed by atoms with van der Waals surface area (Å²) in [5.74, 6) is -0.295. The monoisotopic (exact) mass is 304 g/mol. The second-order valence-corrected chi connectivity index (χ2v) is 6.06. The minimum absolute atomic E-state index is 0.138. The third-order valence-electron chi connectivity index (χ3n) is 3.29. The molecule has 1 aliphatic carbocycles. The Labute approximate surface area is 119 Å². The summed E-state index contributed by atoms with van der Waals surface area (Å²) in [7, 11) is 0. The number of alkyl halides is 3. The van der Waals surface area contributed by atoms with Crippen molar-refractivity contribution < 1.29 is 18.4 Å². The van der Waals surface area contributed by atoms with Gasteiger partial charge in [-0.15, -0.1) is 11.8 Å². The smallest absolute Gasteiger partial charge is 0.409 e. The lowest BCUT2D eigenvalue weighted by Gasteiger charge is -2.15. The fourth-order valence-corrected chi connectivity index (χ4v) is 3.61. The van der Waals surface area contributed by atoms with Gasteiger partial charge in [0, 0.05) is 15.7 Å². The van der Waals surface area contributed by atoms with Crippen LogP contribution in [0.4, 0.5) is 13.2 Å². The van der Waals surface area contributed by atoms with E-state index in [2.05, 4.69) is 5.16 Å². The first-order valence-electron chi connectivity index (χ1n) is 6.27. The van der Waals surface area contributed by atoms with E-state index in [1.807, 2.05) is 0 Å². The fraction of sp³-hybridized carbons (Fsp3) is 0.462. The molecule has 1 aromatic rings. The standard InChI is InChI=1S/C13H15F3N2OS/c14-13(15,16)8-5-6-11(10(7-8)12(17)18-19)20-9-3-1-2-4-9/h5-7,9,19H,1-4H2,(H2,17,18). The summed E-state index contributed by atoms with van der Waals surface area (Å²) >= 11 is 1.50. The highest BCUT2D eigenvalue weighted by molar-refractivity contribution is 8.00. The molecule has 3 nitrogen and oxygen atoms in total. The van der Waals surface area contributed by atoms with Crippen LogP contribution in [0.5, 0.6) is 0 Å². The first-order chi connectivity index (χ1) is 9.41. The molecule has 1 aromatic carbocycles. The fourth-order valence-electron chi connectivity index (χ4n) is 2.25. The summed E-state index contributed by atoms with van der Waals surface area (Å²) in [6, 6.07) is 3.37. The average molecular weight is 304 g/mol. The van der Waals surface area contributed by atoms with Crippen molar-refractivity contribution in [3.05, 3.63) is 29.3 Å². The van der Waals surface area contributed by atoms with E-state index in [1.54, 1.807) is 0 Å². The highest BCUT2D eigenvalue weighted by Crippen LogP contribution is 2.38. The Morgan fingerprint density at radius 1 is 1.30 bits per heavy atom. The topological polar surface area (TPSA) is 58.6 Å². The zero-order chi connectivity index (χ0) is 14.8. The quantitative estimate of drug-likeness (QED) is 0.386. The van der Waals surface area contributed by atoms with Crippen molar-refractivity contribution >= 4 is 17.6 Å². The summed E-state index contributed by atoms with van der Waals surface area (Å²) < 4.78 is 38.2. The molecule has 110 valence electrons. The third kappa shape index (κ3) is 3.39. The zero-order valence-electron chi connectivity index (χ0n) is 10.7. The second-order valence-electron chi connectivity index (χ2n) is 4.72. The van der Waals surface area contributed by atoms with Gasteiger partial charge in [0.15, 0.2) is 5.84 Å². The number of hydrogen-bond donors (Lipinski definition) is 2. The van der Waals surface area contributed by atoms with Crippen molar-refractivity contribution in [2.24, 2.45) is 10.9 Å². The van der Waals surface area contributed by atoms with Crippen LogP contribution in [-0.2, 0) is 6.18 Å². The lowest BCUT2D eigenvalue weighted by Crippen LogP contribution is -2.17. The molecule has 0 atom stereocenters. The maximum Gasteiger partial charge on any atom is 0.416 e. The molecular formula is C13H15F3N2OS. The Kier molecular flexibility index (Phi) is 4.47. The van der Waals surface area contributed by atoms with Crippen LogP contribution in [0.15, 0.2) is 28.3 Å². The molecule has 0 amide bonds. The Morgan fingerprint density at radius 2 is 1.95 bits per heavy atom. The molecule has 1 saturated carbocycles. The molecule has 1 aliphatic rings. The molecule has 0 aliphatic heterocycles. The second kappa shape index (κ2) is 5.95. The van der Waals surface area contributed by atoms with Crippen molar-refractivity contribution in [1.82, 2.24) is 0 Å². The summed E-state index contributed by atoms with van der Waals surface area (Å²) in [6.07, 6.45) is -0.0853. The van der Waals surface area contributed by atoms with Gasteiger partial charge in [0.05, 0.1) is 5.56 Å². The molecule has 0 saturated heterocycles. The van der Waals surface area contributed by atoms with E-state index >= 15 is 0 Å². The van der Waals surface area contributed by atoms with Gasteiger partial charge in [-0.2, -0.15) is 13.2 Å². The Morgan fingerprint density at radius 3 is 2.50 bits per heavy atom. The number of oxime groups is 1. The zero-order valence-corrected chi connectivity index (χ0v) is 11.5. The van der Waals surface area contributed by atoms with Crippen LogP contribution in [0, 0.1) is 0 Å². The van der Waals surface area contributed by atoms with E-state index in [-0.39, 0.29) is 11.4 Å². The van der Waals surface area contributed by atoms with Crippen LogP contribution in [-0.4, -0.2) is 16.3 Å². The largest absolute Gasteiger partial charge is 0.416 e. The Hall–Kier alpha value is -1.37. The van der Waals surface area contributed by atoms with Crippen molar-refractivity contribution in [2.75, 3.05) is 0 Å². The molecular weight excluding hydrogens is 289 g/mol. The van der Waals surface area contributed by atoms with Crippen molar-refractivity contribution in [1.29, 1.82) is 0 Å². The molecule has 20 heavy (non-hydrogen) atoms. The number of halogens is 3. The average Bonchev–Trinajstić information content (AvgIpc) is 2.90. The van der Waals surface area contributed by atoms with Crippen LogP contribution in [0.1, 0.15) is 36.8 Å². The maximum atomic E-state index is 12.7. The van der Waals surface area contributed by atoms with Gasteiger partial charge in [0.2, 0.25) is 0 Å². The number of nitrogens with zero attached hydrogens (tertiary/aromatic N) is 1. The number of rotatable bonds is 3. The molecule has 0 heterocycles. The highest BCUT2D eigenvalue weighted by Gasteiger charge is 2.31. The maximum absolute atomic E-state index is 12.7. The molecule has 7 heteroatoms. The summed E-state index contributed by atoms with van der Waals surface area (Å²) in [5, 5.41) is 12.0. The molecule has 0 bridgehead atoms. The van der Waals surface area contributed by atoms with E-state index in [9.17, 15) is 13.2 Å². The van der Waals surface area contributed by atoms with Gasteiger partial charge in [0.25, 0.3) is 0 Å². The van der Waals surface area contributed by atoms with Gasteiger partial charge < -0.3 is 10.9 Å². The van der Waals surface area contributed by atoms with E-state index in [0.29, 0.717) is 10.1 Å². The molecule has 0 radical (unpaired) electrons. The van der Waals surface area contributed by atoms with Crippen molar-refractivity contribution in [2.45, 2.75) is 42.0 Å². The number of amidine groups is 1. The predicted molar refractivity (Wildman–Crippen MR) is 72.1 cm³/mol. The SMILES string of the molecule is NC(=NO)c1cc(C(F)(F)F)ccc1SC1CCCC1. The van der Waals surface area contributed by atoms with Gasteiger partial charge in [-0.3, -0.25) is 0 Å². The van der Waals surface area contributed by atoms with Crippen LogP contribution >= 0.6 is 11.8 Å². The van der Waals surface area contributed by atoms with E-state index in [0.717, 1.165) is 37.8 Å². The Balaban J connectivity index is 2.35. The first-order valence-corrected chi connectivity index (χ1v) is 7.15. The molecule has 0 spiro atoms. The molecule has 0 aromatic heterocycles. The van der Waals surface area contributed by atoms with Gasteiger partial charge in [-0.1, -0.05) is 18.0 Å². The van der Waals surface area contributed by atoms with Crippen LogP contribution < -0.4 is 5.73 Å². The highest BCUT2D eigenvalue weighted by atomic mass is 32.2. The van der Waals surface area contributed by atoms with Crippen LogP contribution in [0.3, 0.4) is 0 Å². The first kappa shape index (κ1) is 15.0. The molecule has 0 unspecified atom stereocenters. The minimum atomic E-state index is -4.44.